The summed E-state index contributed by atoms with van der Waals surface area (Å²) in [6.45, 7) is 31.3. The molecule has 0 spiro atoms. The first-order valence-electron chi connectivity index (χ1n) is 19.6. The van der Waals surface area contributed by atoms with Crippen molar-refractivity contribution in [3.63, 3.8) is 0 Å². The molecule has 0 aromatic heterocycles. The second-order valence-corrected chi connectivity index (χ2v) is 20.0. The zero-order valence-electron chi connectivity index (χ0n) is 34.2. The molecule has 0 bridgehead atoms. The third-order valence-electron chi connectivity index (χ3n) is 10.4. The highest BCUT2D eigenvalue weighted by molar-refractivity contribution is 6.74. The highest BCUT2D eigenvalue weighted by Gasteiger charge is 2.40. The average Bonchev–Trinajstić information content (AvgIpc) is 3.10. The van der Waals surface area contributed by atoms with Gasteiger partial charge in [0, 0.05) is 43.3 Å². The third-order valence-corrected chi connectivity index (χ3v) is 14.7. The quantitative estimate of drug-likeness (QED) is 0.130. The lowest BCUT2D eigenvalue weighted by Crippen LogP contribution is -2.44. The lowest BCUT2D eigenvalue weighted by Gasteiger charge is -2.38. The van der Waals surface area contributed by atoms with Gasteiger partial charge < -0.3 is 24.1 Å². The van der Waals surface area contributed by atoms with Crippen LogP contribution >= 0.6 is 0 Å². The van der Waals surface area contributed by atoms with E-state index < -0.39 is 8.32 Å². The lowest BCUT2D eigenvalue weighted by molar-refractivity contribution is 0.0651. The highest BCUT2D eigenvalue weighted by atomic mass is 28.4. The van der Waals surface area contributed by atoms with Crippen LogP contribution in [0.5, 0.6) is 17.2 Å². The van der Waals surface area contributed by atoms with Gasteiger partial charge in [-0.15, -0.1) is 13.2 Å². The maximum absolute atomic E-state index is 9.73. The number of rotatable bonds is 12. The van der Waals surface area contributed by atoms with E-state index in [1.807, 2.05) is 13.8 Å². The molecule has 2 aliphatic rings. The first-order chi connectivity index (χ1) is 24.3. The summed E-state index contributed by atoms with van der Waals surface area (Å²) in [5.74, 6) is 1.28. The predicted molar refractivity (Wildman–Crippen MR) is 222 cm³/mol. The molecule has 2 aliphatic heterocycles. The molecule has 0 saturated carbocycles. The summed E-state index contributed by atoms with van der Waals surface area (Å²) in [6, 6.07) is 11.8. The molecule has 0 amide bonds. The minimum absolute atomic E-state index is 0.0869. The Bertz CT molecular complexity index is 1290. The van der Waals surface area contributed by atoms with Gasteiger partial charge in [0.2, 0.25) is 8.32 Å². The summed E-state index contributed by atoms with van der Waals surface area (Å²) in [5, 5.41) is 19.7. The summed E-state index contributed by atoms with van der Waals surface area (Å²) in [6.07, 6.45) is 20.3. The fourth-order valence-electron chi connectivity index (χ4n) is 6.26. The Kier molecular flexibility index (Phi) is 20.8. The van der Waals surface area contributed by atoms with Gasteiger partial charge in [-0.2, -0.15) is 0 Å². The van der Waals surface area contributed by atoms with Gasteiger partial charge in [-0.3, -0.25) is 0 Å². The first-order valence-corrected chi connectivity index (χ1v) is 22.5. The topological polar surface area (TPSA) is 68.2 Å². The van der Waals surface area contributed by atoms with E-state index in [4.69, 9.17) is 13.9 Å². The molecule has 2 saturated heterocycles. The van der Waals surface area contributed by atoms with E-state index in [-0.39, 0.29) is 27.4 Å². The Morgan fingerprint density at radius 3 is 1.53 bits per heavy atom. The minimum Gasteiger partial charge on any atom is -0.543 e. The minimum atomic E-state index is -1.84. The second-order valence-electron chi connectivity index (χ2n) is 15.3. The molecule has 51 heavy (non-hydrogen) atoms. The summed E-state index contributed by atoms with van der Waals surface area (Å²) in [7, 11) is -1.84. The smallest absolute Gasteiger partial charge is 0.250 e. The normalized spacial score (nSPS) is 17.0. The van der Waals surface area contributed by atoms with Crippen molar-refractivity contribution in [2.45, 2.75) is 149 Å². The van der Waals surface area contributed by atoms with Crippen LogP contribution in [0.1, 0.15) is 129 Å². The predicted octanol–water partition coefficient (Wildman–Crippen LogP) is 12.9. The SMILES string of the molecule is C=C.CC.CCCC/C=C\C1(c2cc(C)cc(O[Si](C)(C)C(C)(C)C)c2)CCOCC1.CCCC/C=C\C1(c2cc(O)cc(O)c2)CCOCC1. The molecule has 0 aliphatic carbocycles. The van der Waals surface area contributed by atoms with Crippen molar-refractivity contribution >= 4 is 8.32 Å². The maximum atomic E-state index is 9.73. The van der Waals surface area contributed by atoms with Gasteiger partial charge >= 0.3 is 0 Å². The molecular formula is C45H74O5Si. The largest absolute Gasteiger partial charge is 0.543 e. The van der Waals surface area contributed by atoms with Gasteiger partial charge in [0.05, 0.1) is 0 Å². The summed E-state index contributed by atoms with van der Waals surface area (Å²) >= 11 is 0. The van der Waals surface area contributed by atoms with E-state index in [1.165, 1.54) is 42.9 Å². The summed E-state index contributed by atoms with van der Waals surface area (Å²) in [5.41, 5.74) is 3.62. The monoisotopic (exact) mass is 723 g/mol. The fourth-order valence-corrected chi connectivity index (χ4v) is 7.27. The van der Waals surface area contributed by atoms with Gasteiger partial charge in [-0.05, 0) is 105 Å². The Morgan fingerprint density at radius 1 is 0.725 bits per heavy atom. The molecule has 0 unspecified atom stereocenters. The van der Waals surface area contributed by atoms with Crippen LogP contribution in [-0.4, -0.2) is 45.0 Å². The number of unbranched alkanes of at least 4 members (excludes halogenated alkanes) is 4. The molecule has 2 N–H and O–H groups in total. The van der Waals surface area contributed by atoms with E-state index >= 15 is 0 Å². The Balaban J connectivity index is 0.000000481. The summed E-state index contributed by atoms with van der Waals surface area (Å²) in [4.78, 5) is 0. The van der Waals surface area contributed by atoms with Crippen molar-refractivity contribution in [3.05, 3.63) is 90.6 Å². The third kappa shape index (κ3) is 14.6. The molecule has 2 aromatic rings. The lowest BCUT2D eigenvalue weighted by atomic mass is 9.73. The zero-order valence-corrected chi connectivity index (χ0v) is 35.2. The van der Waals surface area contributed by atoms with Crippen molar-refractivity contribution < 1.29 is 24.1 Å². The number of phenolic OH excluding ortho intramolecular Hbond substituents is 2. The first kappa shape index (κ1) is 46.2. The molecule has 2 aromatic carbocycles. The number of aryl methyl sites for hydroxylation is 1. The van der Waals surface area contributed by atoms with Gasteiger partial charge in [0.25, 0.3) is 0 Å². The van der Waals surface area contributed by atoms with Crippen molar-refractivity contribution in [3.8, 4) is 17.2 Å². The van der Waals surface area contributed by atoms with Crippen LogP contribution in [0.3, 0.4) is 0 Å². The number of hydrogen-bond donors (Lipinski definition) is 2. The van der Waals surface area contributed by atoms with Crippen LogP contribution in [-0.2, 0) is 20.3 Å². The molecule has 6 heteroatoms. The number of phenols is 2. The molecule has 2 fully saturated rings. The molecule has 0 atom stereocenters. The molecule has 288 valence electrons. The molecule has 2 heterocycles. The second kappa shape index (κ2) is 23.0. The van der Waals surface area contributed by atoms with Crippen molar-refractivity contribution in [2.75, 3.05) is 26.4 Å². The van der Waals surface area contributed by atoms with E-state index in [1.54, 1.807) is 12.1 Å². The maximum Gasteiger partial charge on any atom is 0.250 e. The molecule has 4 rings (SSSR count). The van der Waals surface area contributed by atoms with Gasteiger partial charge in [-0.1, -0.05) is 105 Å². The Labute approximate surface area is 314 Å². The van der Waals surface area contributed by atoms with E-state index in [0.29, 0.717) is 13.2 Å². The number of benzene rings is 2. The Morgan fingerprint density at radius 2 is 1.14 bits per heavy atom. The number of hydrogen-bond acceptors (Lipinski definition) is 5. The fraction of sp³-hybridized carbons (Fsp3) is 0.600. The number of allylic oxidation sites excluding steroid dienone is 4. The molecular weight excluding hydrogens is 649 g/mol. The van der Waals surface area contributed by atoms with Crippen LogP contribution in [0.25, 0.3) is 0 Å². The van der Waals surface area contributed by atoms with Crippen LogP contribution < -0.4 is 4.43 Å². The zero-order chi connectivity index (χ0) is 38.6. The van der Waals surface area contributed by atoms with Crippen molar-refractivity contribution in [1.82, 2.24) is 0 Å². The van der Waals surface area contributed by atoms with Crippen molar-refractivity contribution in [2.24, 2.45) is 0 Å². The van der Waals surface area contributed by atoms with E-state index in [0.717, 1.165) is 63.1 Å². The van der Waals surface area contributed by atoms with Gasteiger partial charge in [0.1, 0.15) is 17.2 Å². The van der Waals surface area contributed by atoms with Gasteiger partial charge in [-0.25, -0.2) is 0 Å². The van der Waals surface area contributed by atoms with E-state index in [2.05, 4.69) is 110 Å². The standard InChI is InChI=1S/C24H40O2Si.C17H24O3.C2H6.C2H4/c1-8-9-10-11-12-24(13-15-25-16-14-24)21-17-20(2)18-22(19-21)26-27(6,7)23(3,4)5;1-2-3-4-5-6-17(7-9-20-10-8-17)14-11-15(18)13-16(19)12-14;2*1-2/h11-12,17-19H,8-10,13-16H2,1-7H3;5-6,11-13,18-19H,2-4,7-10H2,1H3;1-2H3;1-2H2/b12-11-;6-5-;;. The molecule has 0 radical (unpaired) electrons. The number of aromatic hydroxyl groups is 2. The highest BCUT2D eigenvalue weighted by Crippen LogP contribution is 2.42. The number of ether oxygens (including phenoxy) is 2. The van der Waals surface area contributed by atoms with E-state index in [9.17, 15) is 10.2 Å². The summed E-state index contributed by atoms with van der Waals surface area (Å²) < 4.78 is 17.8. The van der Waals surface area contributed by atoms with Crippen LogP contribution in [0, 0.1) is 6.92 Å². The van der Waals surface area contributed by atoms with Crippen molar-refractivity contribution in [1.29, 1.82) is 0 Å². The Hall–Kier alpha value is -2.80. The van der Waals surface area contributed by atoms with Crippen LogP contribution in [0.15, 0.2) is 73.9 Å². The van der Waals surface area contributed by atoms with Gasteiger partial charge in [0.15, 0.2) is 0 Å². The molecule has 5 nitrogen and oxygen atoms in total. The van der Waals surface area contributed by atoms with Crippen LogP contribution in [0.4, 0.5) is 0 Å². The van der Waals surface area contributed by atoms with Crippen LogP contribution in [0.2, 0.25) is 18.1 Å². The average molecular weight is 723 g/mol.